The van der Waals surface area contributed by atoms with Gasteiger partial charge in [0.25, 0.3) is 15.6 Å². The van der Waals surface area contributed by atoms with Gasteiger partial charge in [0, 0.05) is 48.3 Å². The topological polar surface area (TPSA) is 71.4 Å². The van der Waals surface area contributed by atoms with Crippen molar-refractivity contribution < 1.29 is 8.42 Å². The molecule has 1 aliphatic heterocycles. The number of fused-ring (bicyclic) bond motifs is 1. The minimum atomic E-state index is -3.98. The summed E-state index contributed by atoms with van der Waals surface area (Å²) in [6.07, 6.45) is 1.49. The second-order valence-electron chi connectivity index (χ2n) is 7.35. The fraction of sp³-hybridized carbons (Fsp3) is 0.286. The molecule has 0 radical (unpaired) electrons. The highest BCUT2D eigenvalue weighted by Gasteiger charge is 2.23. The second-order valence-corrected chi connectivity index (χ2v) is 10.1. The van der Waals surface area contributed by atoms with E-state index in [4.69, 9.17) is 0 Å². The van der Waals surface area contributed by atoms with Crippen molar-refractivity contribution in [2.45, 2.75) is 24.4 Å². The normalized spacial score (nSPS) is 18.2. The van der Waals surface area contributed by atoms with E-state index in [9.17, 15) is 13.2 Å². The van der Waals surface area contributed by atoms with E-state index in [1.54, 1.807) is 30.3 Å². The molecule has 1 fully saturated rings. The maximum absolute atomic E-state index is 13.2. The monoisotopic (exact) mass is 475 g/mol. The molecular formula is C21H22BrN3O3S. The summed E-state index contributed by atoms with van der Waals surface area (Å²) < 4.78 is 28.1. The molecule has 8 heteroatoms. The maximum Gasteiger partial charge on any atom is 0.272 e. The molecule has 152 valence electrons. The Morgan fingerprint density at radius 1 is 1.14 bits per heavy atom. The minimum Gasteiger partial charge on any atom is -0.312 e. The molecule has 1 aliphatic rings. The van der Waals surface area contributed by atoms with Crippen molar-refractivity contribution in [2.24, 2.45) is 0 Å². The molecule has 2 aromatic carbocycles. The van der Waals surface area contributed by atoms with Crippen LogP contribution in [0.25, 0.3) is 10.8 Å². The molecule has 4 rings (SSSR count). The van der Waals surface area contributed by atoms with E-state index in [0.29, 0.717) is 18.0 Å². The molecule has 0 unspecified atom stereocenters. The van der Waals surface area contributed by atoms with E-state index in [-0.39, 0.29) is 4.90 Å². The SMILES string of the molecule is C[C@H]1CN(Cc2cn(S(=O)(=O)c3ccccc3)c(=O)c3ccc(Br)cc23)CCN1. The zero-order valence-corrected chi connectivity index (χ0v) is 18.4. The molecule has 0 bridgehead atoms. The molecule has 1 saturated heterocycles. The van der Waals surface area contributed by atoms with Crippen LogP contribution in [-0.2, 0) is 16.6 Å². The summed E-state index contributed by atoms with van der Waals surface area (Å²) in [7, 11) is -3.98. The number of piperazine rings is 1. The zero-order chi connectivity index (χ0) is 20.6. The largest absolute Gasteiger partial charge is 0.312 e. The first kappa shape index (κ1) is 20.3. The van der Waals surface area contributed by atoms with Crippen LogP contribution < -0.4 is 10.9 Å². The van der Waals surface area contributed by atoms with Crippen molar-refractivity contribution >= 4 is 36.7 Å². The third-order valence-corrected chi connectivity index (χ3v) is 7.33. The lowest BCUT2D eigenvalue weighted by Gasteiger charge is -2.32. The van der Waals surface area contributed by atoms with Crippen LogP contribution >= 0.6 is 15.9 Å². The highest BCUT2D eigenvalue weighted by atomic mass is 79.9. The number of benzene rings is 2. The van der Waals surface area contributed by atoms with Crippen LogP contribution in [0, 0.1) is 0 Å². The van der Waals surface area contributed by atoms with Gasteiger partial charge in [0.05, 0.1) is 4.90 Å². The number of halogens is 1. The Hall–Kier alpha value is -2.00. The fourth-order valence-corrected chi connectivity index (χ4v) is 5.44. The van der Waals surface area contributed by atoms with Crippen molar-refractivity contribution in [3.8, 4) is 0 Å². The molecule has 3 aromatic rings. The molecule has 0 aliphatic carbocycles. The molecule has 0 spiro atoms. The average Bonchev–Trinajstić information content (AvgIpc) is 2.70. The Bertz CT molecular complexity index is 1210. The molecule has 0 saturated carbocycles. The molecule has 0 amide bonds. The van der Waals surface area contributed by atoms with E-state index in [1.165, 1.54) is 18.3 Å². The van der Waals surface area contributed by atoms with Crippen molar-refractivity contribution in [1.29, 1.82) is 0 Å². The van der Waals surface area contributed by atoms with Crippen LogP contribution in [0.4, 0.5) is 0 Å². The number of pyridine rings is 1. The first-order valence-corrected chi connectivity index (χ1v) is 11.7. The Kier molecular flexibility index (Phi) is 5.61. The molecule has 1 atom stereocenters. The molecule has 1 N–H and O–H groups in total. The predicted molar refractivity (Wildman–Crippen MR) is 118 cm³/mol. The number of nitrogens with one attached hydrogen (secondary N) is 1. The highest BCUT2D eigenvalue weighted by molar-refractivity contribution is 9.10. The minimum absolute atomic E-state index is 0.0975. The summed E-state index contributed by atoms with van der Waals surface area (Å²) in [6.45, 7) is 5.31. The zero-order valence-electron chi connectivity index (χ0n) is 16.0. The number of hydrogen-bond donors (Lipinski definition) is 1. The quantitative estimate of drug-likeness (QED) is 0.627. The van der Waals surface area contributed by atoms with E-state index in [0.717, 1.165) is 39.0 Å². The standard InChI is InChI=1S/C21H22BrN3O3S/c1-15-12-24(10-9-23-15)13-16-14-25(29(27,28)18-5-3-2-4-6-18)21(26)19-8-7-17(22)11-20(16)19/h2-8,11,14-15,23H,9-10,12-13H2,1H3/t15-/m0/s1. The van der Waals surface area contributed by atoms with Gasteiger partial charge in [-0.15, -0.1) is 0 Å². The number of rotatable bonds is 4. The lowest BCUT2D eigenvalue weighted by molar-refractivity contribution is 0.200. The van der Waals surface area contributed by atoms with Crippen molar-refractivity contribution in [3.05, 3.63) is 75.1 Å². The van der Waals surface area contributed by atoms with Gasteiger partial charge in [-0.3, -0.25) is 9.69 Å². The summed E-state index contributed by atoms with van der Waals surface area (Å²) in [5.41, 5.74) is 0.281. The number of nitrogens with zero attached hydrogens (tertiary/aromatic N) is 2. The summed E-state index contributed by atoms with van der Waals surface area (Å²) in [5, 5.41) is 4.58. The third kappa shape index (κ3) is 4.02. The first-order valence-electron chi connectivity index (χ1n) is 9.46. The van der Waals surface area contributed by atoms with E-state index >= 15 is 0 Å². The van der Waals surface area contributed by atoms with Gasteiger partial charge in [0.15, 0.2) is 0 Å². The third-order valence-electron chi connectivity index (χ3n) is 5.18. The molecule has 6 nitrogen and oxygen atoms in total. The Morgan fingerprint density at radius 2 is 1.90 bits per heavy atom. The summed E-state index contributed by atoms with van der Waals surface area (Å²) >= 11 is 3.47. The van der Waals surface area contributed by atoms with Crippen molar-refractivity contribution in [3.63, 3.8) is 0 Å². The van der Waals surface area contributed by atoms with E-state index < -0.39 is 15.6 Å². The van der Waals surface area contributed by atoms with Crippen LogP contribution in [0.1, 0.15) is 12.5 Å². The first-order chi connectivity index (χ1) is 13.9. The Labute approximate surface area is 178 Å². The summed E-state index contributed by atoms with van der Waals surface area (Å²) in [6, 6.07) is 13.8. The van der Waals surface area contributed by atoms with E-state index in [1.807, 2.05) is 6.07 Å². The molecule has 2 heterocycles. The van der Waals surface area contributed by atoms with Crippen LogP contribution in [0.5, 0.6) is 0 Å². The van der Waals surface area contributed by atoms with Gasteiger partial charge in [0.1, 0.15) is 0 Å². The van der Waals surface area contributed by atoms with Crippen LogP contribution in [0.2, 0.25) is 0 Å². The molecule has 1 aromatic heterocycles. The van der Waals surface area contributed by atoms with Gasteiger partial charge in [-0.1, -0.05) is 34.1 Å². The van der Waals surface area contributed by atoms with Gasteiger partial charge < -0.3 is 5.32 Å². The van der Waals surface area contributed by atoms with Crippen LogP contribution in [-0.4, -0.2) is 43.0 Å². The fourth-order valence-electron chi connectivity index (χ4n) is 3.76. The smallest absolute Gasteiger partial charge is 0.272 e. The maximum atomic E-state index is 13.2. The summed E-state index contributed by atoms with van der Waals surface area (Å²) in [5.74, 6) is 0. The highest BCUT2D eigenvalue weighted by Crippen LogP contribution is 2.24. The van der Waals surface area contributed by atoms with Gasteiger partial charge in [-0.25, -0.2) is 12.4 Å². The Morgan fingerprint density at radius 3 is 2.62 bits per heavy atom. The van der Waals surface area contributed by atoms with Gasteiger partial charge in [-0.2, -0.15) is 0 Å². The summed E-state index contributed by atoms with van der Waals surface area (Å²) in [4.78, 5) is 15.5. The van der Waals surface area contributed by atoms with Crippen molar-refractivity contribution in [1.82, 2.24) is 14.2 Å². The van der Waals surface area contributed by atoms with Gasteiger partial charge in [-0.05, 0) is 48.2 Å². The number of aromatic nitrogens is 1. The lowest BCUT2D eigenvalue weighted by atomic mass is 10.1. The van der Waals surface area contributed by atoms with Gasteiger partial charge in [0.2, 0.25) is 0 Å². The van der Waals surface area contributed by atoms with Crippen molar-refractivity contribution in [2.75, 3.05) is 19.6 Å². The Balaban J connectivity index is 1.89. The second kappa shape index (κ2) is 8.02. The van der Waals surface area contributed by atoms with E-state index in [2.05, 4.69) is 33.1 Å². The lowest BCUT2D eigenvalue weighted by Crippen LogP contribution is -2.48. The van der Waals surface area contributed by atoms with Crippen LogP contribution in [0.3, 0.4) is 0 Å². The molecular weight excluding hydrogens is 454 g/mol. The molecule has 29 heavy (non-hydrogen) atoms. The van der Waals surface area contributed by atoms with Gasteiger partial charge >= 0.3 is 0 Å². The average molecular weight is 476 g/mol. The number of hydrogen-bond acceptors (Lipinski definition) is 5. The predicted octanol–water partition coefficient (Wildman–Crippen LogP) is 2.79. The van der Waals surface area contributed by atoms with Crippen LogP contribution in [0.15, 0.2) is 68.9 Å².